The van der Waals surface area contributed by atoms with Crippen molar-refractivity contribution in [2.24, 2.45) is 5.73 Å². The number of rotatable bonds is 4. The van der Waals surface area contributed by atoms with Gasteiger partial charge in [0.05, 0.1) is 18.9 Å². The fourth-order valence-electron chi connectivity index (χ4n) is 1.48. The van der Waals surface area contributed by atoms with Gasteiger partial charge in [0.1, 0.15) is 5.69 Å². The molecule has 2 N–H and O–H groups in total. The lowest BCUT2D eigenvalue weighted by Crippen LogP contribution is -2.10. The normalized spacial score (nSPS) is 10.8. The van der Waals surface area contributed by atoms with Crippen LogP contribution in [0.1, 0.15) is 0 Å². The molecule has 0 atom stereocenters. The number of aromatic nitrogens is 7. The number of hydrogen-bond acceptors (Lipinski definition) is 8. The van der Waals surface area contributed by atoms with Gasteiger partial charge < -0.3 is 10.3 Å². The van der Waals surface area contributed by atoms with Crippen molar-refractivity contribution in [3.8, 4) is 23.1 Å². The maximum absolute atomic E-state index is 5.43. The van der Waals surface area contributed by atoms with Crippen molar-refractivity contribution in [1.29, 1.82) is 0 Å². The van der Waals surface area contributed by atoms with Crippen LogP contribution in [0, 0.1) is 0 Å². The fourth-order valence-corrected chi connectivity index (χ4v) is 1.48. The fraction of sp³-hybridized carbons (Fsp3) is 0.200. The van der Waals surface area contributed by atoms with E-state index in [1.807, 2.05) is 0 Å². The van der Waals surface area contributed by atoms with Crippen molar-refractivity contribution >= 4 is 0 Å². The summed E-state index contributed by atoms with van der Waals surface area (Å²) in [5.74, 6) is 0.639. The summed E-state index contributed by atoms with van der Waals surface area (Å²) in [5.41, 5.74) is 6.46. The maximum Gasteiger partial charge on any atom is 0.280 e. The Morgan fingerprint density at radius 1 is 1.26 bits per heavy atom. The first-order valence-corrected chi connectivity index (χ1v) is 5.57. The molecule has 0 aliphatic rings. The summed E-state index contributed by atoms with van der Waals surface area (Å²) in [6.07, 6.45) is 6.38. The van der Waals surface area contributed by atoms with E-state index in [-0.39, 0.29) is 5.89 Å². The quantitative estimate of drug-likeness (QED) is 0.679. The van der Waals surface area contributed by atoms with E-state index in [0.29, 0.717) is 30.3 Å². The molecule has 0 fully saturated rings. The highest BCUT2D eigenvalue weighted by Gasteiger charge is 2.14. The standard InChI is InChI=1S/C10H10N8O/c11-1-4-18-6-8(15-17-18)10-14-9(16-19-10)7-5-12-2-3-13-7/h2-3,5-6H,1,4,11H2. The van der Waals surface area contributed by atoms with Gasteiger partial charge in [-0.3, -0.25) is 9.67 Å². The highest BCUT2D eigenvalue weighted by molar-refractivity contribution is 5.52. The Kier molecular flexibility index (Phi) is 2.94. The van der Waals surface area contributed by atoms with E-state index in [4.69, 9.17) is 10.3 Å². The topological polar surface area (TPSA) is 121 Å². The highest BCUT2D eigenvalue weighted by atomic mass is 16.5. The summed E-state index contributed by atoms with van der Waals surface area (Å²) in [5, 5.41) is 11.7. The second kappa shape index (κ2) is 4.90. The van der Waals surface area contributed by atoms with Gasteiger partial charge in [0, 0.05) is 18.9 Å². The van der Waals surface area contributed by atoms with Gasteiger partial charge in [0.25, 0.3) is 5.89 Å². The largest absolute Gasteiger partial charge is 0.332 e. The summed E-state index contributed by atoms with van der Waals surface area (Å²) in [6.45, 7) is 1.07. The van der Waals surface area contributed by atoms with Crippen LogP contribution >= 0.6 is 0 Å². The van der Waals surface area contributed by atoms with Crippen molar-refractivity contribution in [2.75, 3.05) is 6.54 Å². The molecule has 0 saturated carbocycles. The first-order valence-electron chi connectivity index (χ1n) is 5.57. The van der Waals surface area contributed by atoms with Gasteiger partial charge >= 0.3 is 0 Å². The van der Waals surface area contributed by atoms with Gasteiger partial charge in [0.15, 0.2) is 5.69 Å². The van der Waals surface area contributed by atoms with Crippen LogP contribution in [0.2, 0.25) is 0 Å². The van der Waals surface area contributed by atoms with Crippen LogP contribution in [0.3, 0.4) is 0 Å². The molecule has 0 bridgehead atoms. The minimum absolute atomic E-state index is 0.281. The first-order chi connectivity index (χ1) is 9.36. The molecule has 0 spiro atoms. The molecular formula is C10H10N8O. The molecule has 3 rings (SSSR count). The summed E-state index contributed by atoms with van der Waals surface area (Å²) >= 11 is 0. The van der Waals surface area contributed by atoms with E-state index in [0.717, 1.165) is 0 Å². The van der Waals surface area contributed by atoms with E-state index in [1.54, 1.807) is 29.5 Å². The van der Waals surface area contributed by atoms with Crippen LogP contribution in [0.15, 0.2) is 29.3 Å². The molecule has 0 saturated heterocycles. The molecule has 3 aromatic heterocycles. The Morgan fingerprint density at radius 3 is 3.00 bits per heavy atom. The Bertz CT molecular complexity index is 661. The molecule has 0 aliphatic carbocycles. The Hall–Kier alpha value is -2.68. The second-order valence-electron chi connectivity index (χ2n) is 3.67. The average molecular weight is 258 g/mol. The Balaban J connectivity index is 1.88. The van der Waals surface area contributed by atoms with Crippen LogP contribution in [0.4, 0.5) is 0 Å². The van der Waals surface area contributed by atoms with Crippen molar-refractivity contribution in [1.82, 2.24) is 35.1 Å². The van der Waals surface area contributed by atoms with E-state index in [9.17, 15) is 0 Å². The molecule has 9 heteroatoms. The van der Waals surface area contributed by atoms with Crippen molar-refractivity contribution in [3.63, 3.8) is 0 Å². The lowest BCUT2D eigenvalue weighted by Gasteiger charge is -1.91. The van der Waals surface area contributed by atoms with Crippen molar-refractivity contribution < 1.29 is 4.52 Å². The lowest BCUT2D eigenvalue weighted by molar-refractivity contribution is 0.430. The minimum Gasteiger partial charge on any atom is -0.332 e. The molecule has 96 valence electrons. The number of nitrogens with zero attached hydrogens (tertiary/aromatic N) is 7. The lowest BCUT2D eigenvalue weighted by atomic mass is 10.4. The molecular weight excluding hydrogens is 248 g/mol. The molecule has 0 amide bonds. The van der Waals surface area contributed by atoms with Crippen LogP contribution in [-0.2, 0) is 6.54 Å². The molecule has 0 aromatic carbocycles. The summed E-state index contributed by atoms with van der Waals surface area (Å²) < 4.78 is 6.73. The van der Waals surface area contributed by atoms with Gasteiger partial charge in [-0.05, 0) is 0 Å². The molecule has 9 nitrogen and oxygen atoms in total. The van der Waals surface area contributed by atoms with Gasteiger partial charge in [-0.15, -0.1) is 5.10 Å². The Labute approximate surface area is 107 Å². The van der Waals surface area contributed by atoms with Crippen LogP contribution in [0.25, 0.3) is 23.1 Å². The van der Waals surface area contributed by atoms with Gasteiger partial charge in [0.2, 0.25) is 5.82 Å². The van der Waals surface area contributed by atoms with Crippen LogP contribution < -0.4 is 5.73 Å². The SMILES string of the molecule is NCCn1cc(-c2nc(-c3cnccn3)no2)nn1. The summed E-state index contributed by atoms with van der Waals surface area (Å²) in [6, 6.07) is 0. The molecule has 19 heavy (non-hydrogen) atoms. The van der Waals surface area contributed by atoms with Crippen molar-refractivity contribution in [3.05, 3.63) is 24.8 Å². The zero-order chi connectivity index (χ0) is 13.1. The van der Waals surface area contributed by atoms with Gasteiger partial charge in [-0.25, -0.2) is 4.98 Å². The molecule has 0 unspecified atom stereocenters. The van der Waals surface area contributed by atoms with E-state index in [2.05, 4.69) is 30.4 Å². The van der Waals surface area contributed by atoms with Gasteiger partial charge in [-0.2, -0.15) is 4.98 Å². The zero-order valence-corrected chi connectivity index (χ0v) is 9.84. The summed E-state index contributed by atoms with van der Waals surface area (Å²) in [4.78, 5) is 12.2. The number of hydrogen-bond donors (Lipinski definition) is 1. The minimum atomic E-state index is 0.281. The van der Waals surface area contributed by atoms with Crippen LogP contribution in [-0.4, -0.2) is 41.6 Å². The van der Waals surface area contributed by atoms with Crippen LogP contribution in [0.5, 0.6) is 0 Å². The molecule has 0 radical (unpaired) electrons. The smallest absolute Gasteiger partial charge is 0.280 e. The van der Waals surface area contributed by atoms with E-state index >= 15 is 0 Å². The van der Waals surface area contributed by atoms with E-state index in [1.165, 1.54) is 0 Å². The maximum atomic E-state index is 5.43. The second-order valence-corrected chi connectivity index (χ2v) is 3.67. The third kappa shape index (κ3) is 2.31. The molecule has 3 heterocycles. The third-order valence-corrected chi connectivity index (χ3v) is 2.33. The molecule has 0 aliphatic heterocycles. The Morgan fingerprint density at radius 2 is 2.21 bits per heavy atom. The third-order valence-electron chi connectivity index (χ3n) is 2.33. The first kappa shape index (κ1) is 11.4. The van der Waals surface area contributed by atoms with E-state index < -0.39 is 0 Å². The number of nitrogens with two attached hydrogens (primary N) is 1. The predicted molar refractivity (Wildman–Crippen MR) is 63.4 cm³/mol. The van der Waals surface area contributed by atoms with Gasteiger partial charge in [-0.1, -0.05) is 10.4 Å². The summed E-state index contributed by atoms with van der Waals surface area (Å²) in [7, 11) is 0. The zero-order valence-electron chi connectivity index (χ0n) is 9.84. The average Bonchev–Trinajstić information content (AvgIpc) is 3.08. The monoisotopic (exact) mass is 258 g/mol. The molecule has 3 aromatic rings. The predicted octanol–water partition coefficient (Wildman–Crippen LogP) is -0.256. The highest BCUT2D eigenvalue weighted by Crippen LogP contribution is 2.17. The van der Waals surface area contributed by atoms with Crippen molar-refractivity contribution in [2.45, 2.75) is 6.54 Å².